The average molecular weight is 417 g/mol. The number of hydrogen-bond donors (Lipinski definition) is 3. The Morgan fingerprint density at radius 2 is 1.32 bits per heavy atom. The average Bonchev–Trinajstić information content (AvgIpc) is 2.95. The van der Waals surface area contributed by atoms with Gasteiger partial charge in [-0.05, 0) is 12.2 Å². The molecule has 0 saturated carbocycles. The molecule has 0 aromatic rings. The summed E-state index contributed by atoms with van der Waals surface area (Å²) in [4.78, 5) is 11.1. The lowest BCUT2D eigenvalue weighted by Gasteiger charge is -2.16. The van der Waals surface area contributed by atoms with Gasteiger partial charge in [0.2, 0.25) is 5.76 Å². The van der Waals surface area contributed by atoms with Crippen LogP contribution in [0.25, 0.3) is 0 Å². The second-order valence-corrected chi connectivity index (χ2v) is 8.95. The van der Waals surface area contributed by atoms with Crippen molar-refractivity contribution < 1.29 is 24.9 Å². The van der Waals surface area contributed by atoms with E-state index in [2.05, 4.69) is 6.92 Å². The predicted molar refractivity (Wildman–Crippen MR) is 116 cm³/mol. The van der Waals surface area contributed by atoms with E-state index in [1.807, 2.05) is 0 Å². The number of carbonyl (C=O) groups excluding carboxylic acids is 1. The fourth-order valence-electron chi connectivity index (χ4n) is 3.42. The van der Waals surface area contributed by atoms with Gasteiger partial charge in [-0.1, -0.05) is 90.4 Å². The molecule has 0 aromatic carbocycles. The first-order valence-electron chi connectivity index (χ1n) is 11.2. The molecule has 28 heavy (non-hydrogen) atoms. The second kappa shape index (κ2) is 16.0. The number of esters is 1. The number of thioether (sulfide) groups is 1. The predicted octanol–water partition coefficient (Wildman–Crippen LogP) is 5.81. The van der Waals surface area contributed by atoms with E-state index in [-0.39, 0.29) is 0 Å². The molecule has 0 aliphatic carbocycles. The van der Waals surface area contributed by atoms with Gasteiger partial charge in [-0.3, -0.25) is 0 Å². The lowest BCUT2D eigenvalue weighted by Crippen LogP contribution is -2.30. The van der Waals surface area contributed by atoms with Crippen molar-refractivity contribution in [3.63, 3.8) is 0 Å². The van der Waals surface area contributed by atoms with E-state index in [0.717, 1.165) is 12.2 Å². The number of rotatable bonds is 18. The van der Waals surface area contributed by atoms with Crippen LogP contribution in [-0.2, 0) is 9.53 Å². The van der Waals surface area contributed by atoms with Crippen LogP contribution in [0.3, 0.4) is 0 Å². The van der Waals surface area contributed by atoms with Gasteiger partial charge in [-0.25, -0.2) is 4.79 Å². The van der Waals surface area contributed by atoms with E-state index in [9.17, 15) is 20.1 Å². The van der Waals surface area contributed by atoms with E-state index < -0.39 is 29.7 Å². The zero-order valence-corrected chi connectivity index (χ0v) is 18.4. The summed E-state index contributed by atoms with van der Waals surface area (Å²) in [5.41, 5.74) is 0. The van der Waals surface area contributed by atoms with Crippen LogP contribution in [0.1, 0.15) is 96.8 Å². The smallest absolute Gasteiger partial charge is 0.377 e. The summed E-state index contributed by atoms with van der Waals surface area (Å²) in [6.07, 6.45) is 16.6. The zero-order valence-electron chi connectivity index (χ0n) is 17.5. The summed E-state index contributed by atoms with van der Waals surface area (Å²) in [6.45, 7) is 2.26. The van der Waals surface area contributed by atoms with E-state index in [0.29, 0.717) is 5.75 Å². The summed E-state index contributed by atoms with van der Waals surface area (Å²) in [5, 5.41) is 28.7. The number of ether oxygens (including phenoxy) is 1. The molecule has 0 aromatic heterocycles. The summed E-state index contributed by atoms with van der Waals surface area (Å²) in [7, 11) is 0. The number of aliphatic hydroxyl groups is 3. The largest absolute Gasteiger partial charge is 0.505 e. The van der Waals surface area contributed by atoms with Gasteiger partial charge in [-0.15, -0.1) is 0 Å². The lowest BCUT2D eigenvalue weighted by atomic mass is 10.0. The van der Waals surface area contributed by atoms with Crippen LogP contribution < -0.4 is 0 Å². The zero-order chi connectivity index (χ0) is 20.6. The van der Waals surface area contributed by atoms with Crippen LogP contribution in [0, 0.1) is 0 Å². The van der Waals surface area contributed by atoms with Gasteiger partial charge in [-0.2, -0.15) is 11.8 Å². The molecule has 164 valence electrons. The lowest BCUT2D eigenvalue weighted by molar-refractivity contribution is -0.146. The van der Waals surface area contributed by atoms with Crippen LogP contribution in [0.5, 0.6) is 0 Å². The van der Waals surface area contributed by atoms with Crippen LogP contribution in [0.2, 0.25) is 0 Å². The highest BCUT2D eigenvalue weighted by molar-refractivity contribution is 7.99. The molecule has 0 unspecified atom stereocenters. The van der Waals surface area contributed by atoms with Crippen LogP contribution >= 0.6 is 11.8 Å². The SMILES string of the molecule is CCCCCCCCCCCCCCCCSC[C@H](O)[C@H]1OC(=O)C(O)=C1O. The third kappa shape index (κ3) is 10.6. The Balaban J connectivity index is 1.83. The van der Waals surface area contributed by atoms with E-state index in [1.165, 1.54) is 83.5 Å². The second-order valence-electron chi connectivity index (χ2n) is 7.80. The first kappa shape index (κ1) is 25.2. The molecular formula is C22H40O5S. The van der Waals surface area contributed by atoms with Gasteiger partial charge in [0.1, 0.15) is 6.10 Å². The van der Waals surface area contributed by atoms with Crippen LogP contribution in [0.4, 0.5) is 0 Å². The first-order chi connectivity index (χ1) is 13.6. The number of carbonyl (C=O) groups is 1. The van der Waals surface area contributed by atoms with E-state index in [4.69, 9.17) is 4.74 Å². The summed E-state index contributed by atoms with van der Waals surface area (Å²) in [5.74, 6) is -1.02. The van der Waals surface area contributed by atoms with Crippen molar-refractivity contribution in [2.75, 3.05) is 11.5 Å². The topological polar surface area (TPSA) is 87.0 Å². The van der Waals surface area contributed by atoms with Crippen molar-refractivity contribution in [1.29, 1.82) is 0 Å². The molecule has 1 aliphatic heterocycles. The molecule has 2 atom stereocenters. The molecule has 0 spiro atoms. The van der Waals surface area contributed by atoms with Gasteiger partial charge in [0.15, 0.2) is 11.9 Å². The standard InChI is InChI=1S/C22H40O5S/c1-2-3-4-5-6-7-8-9-10-11-12-13-14-15-16-28-17-18(23)21-19(24)20(25)22(26)27-21/h18,21,23-25H,2-17H2,1H3/t18-,21+/m0/s1. The van der Waals surface area contributed by atoms with Crippen molar-refractivity contribution in [3.8, 4) is 0 Å². The highest BCUT2D eigenvalue weighted by Crippen LogP contribution is 2.23. The molecule has 0 radical (unpaired) electrons. The number of unbranched alkanes of at least 4 members (excludes halogenated alkanes) is 13. The monoisotopic (exact) mass is 416 g/mol. The Morgan fingerprint density at radius 1 is 0.857 bits per heavy atom. The molecule has 1 rings (SSSR count). The van der Waals surface area contributed by atoms with Crippen molar-refractivity contribution >= 4 is 17.7 Å². The number of aliphatic hydroxyl groups excluding tert-OH is 3. The van der Waals surface area contributed by atoms with Gasteiger partial charge in [0.05, 0.1) is 0 Å². The normalized spacial score (nSPS) is 17.9. The Morgan fingerprint density at radius 3 is 1.75 bits per heavy atom. The van der Waals surface area contributed by atoms with E-state index >= 15 is 0 Å². The van der Waals surface area contributed by atoms with Gasteiger partial charge in [0.25, 0.3) is 0 Å². The highest BCUT2D eigenvalue weighted by atomic mass is 32.2. The van der Waals surface area contributed by atoms with Crippen molar-refractivity contribution in [3.05, 3.63) is 11.5 Å². The maximum atomic E-state index is 11.1. The Bertz CT molecular complexity index is 452. The molecule has 0 amide bonds. The summed E-state index contributed by atoms with van der Waals surface area (Å²) >= 11 is 1.58. The van der Waals surface area contributed by atoms with Gasteiger partial charge >= 0.3 is 5.97 Å². The Kier molecular flexibility index (Phi) is 14.4. The Hall–Kier alpha value is -0.880. The molecule has 3 N–H and O–H groups in total. The van der Waals surface area contributed by atoms with Crippen LogP contribution in [-0.4, -0.2) is 45.0 Å². The van der Waals surface area contributed by atoms with Crippen molar-refractivity contribution in [2.45, 2.75) is 109 Å². The quantitative estimate of drug-likeness (QED) is 0.193. The maximum Gasteiger partial charge on any atom is 0.377 e. The minimum Gasteiger partial charge on any atom is -0.505 e. The van der Waals surface area contributed by atoms with Gasteiger partial charge in [0, 0.05) is 5.75 Å². The fraction of sp³-hybridized carbons (Fsp3) is 0.864. The Labute approximate surface area is 174 Å². The molecule has 1 heterocycles. The minimum absolute atomic E-state index is 0.369. The summed E-state index contributed by atoms with van der Waals surface area (Å²) in [6, 6.07) is 0. The molecular weight excluding hydrogens is 376 g/mol. The fourth-order valence-corrected chi connectivity index (χ4v) is 4.41. The van der Waals surface area contributed by atoms with E-state index in [1.54, 1.807) is 11.8 Å². The van der Waals surface area contributed by atoms with Crippen molar-refractivity contribution in [2.24, 2.45) is 0 Å². The minimum atomic E-state index is -1.13. The number of hydrogen-bond acceptors (Lipinski definition) is 6. The van der Waals surface area contributed by atoms with Crippen LogP contribution in [0.15, 0.2) is 11.5 Å². The summed E-state index contributed by atoms with van der Waals surface area (Å²) < 4.78 is 4.75. The molecule has 0 bridgehead atoms. The molecule has 1 aliphatic rings. The molecule has 5 nitrogen and oxygen atoms in total. The third-order valence-corrected chi connectivity index (χ3v) is 6.37. The number of cyclic esters (lactones) is 1. The van der Waals surface area contributed by atoms with Gasteiger partial charge < -0.3 is 20.1 Å². The third-order valence-electron chi connectivity index (χ3n) is 5.22. The maximum absolute atomic E-state index is 11.1. The molecule has 0 fully saturated rings. The first-order valence-corrected chi connectivity index (χ1v) is 12.3. The van der Waals surface area contributed by atoms with Crippen molar-refractivity contribution in [1.82, 2.24) is 0 Å². The molecule has 0 saturated heterocycles. The highest BCUT2D eigenvalue weighted by Gasteiger charge is 2.38. The molecule has 6 heteroatoms.